The predicted octanol–water partition coefficient (Wildman–Crippen LogP) is 12.2. The molecular formula is C60H39N9O3. The number of fused-ring (bicyclic) bond motifs is 9. The second-order valence-corrected chi connectivity index (χ2v) is 17.3. The van der Waals surface area contributed by atoms with Gasteiger partial charge in [0.2, 0.25) is 0 Å². The van der Waals surface area contributed by atoms with E-state index in [1.165, 1.54) is 0 Å². The molecule has 13 rings (SSSR count). The molecule has 0 aliphatic heterocycles. The highest BCUT2D eigenvalue weighted by atomic mass is 16.5. The summed E-state index contributed by atoms with van der Waals surface area (Å²) in [6.45, 7) is 0.975. The third-order valence-electron chi connectivity index (χ3n) is 12.6. The number of aliphatic imine (C=N–C) groups is 3. The maximum atomic E-state index is 6.40. The van der Waals surface area contributed by atoms with Gasteiger partial charge < -0.3 is 14.2 Å². The molecule has 0 radical (unpaired) electrons. The van der Waals surface area contributed by atoms with Gasteiger partial charge >= 0.3 is 0 Å². The number of nitrogens with zero attached hydrogens (tertiary/aromatic N) is 9. The number of benzene rings is 4. The molecule has 0 amide bonds. The summed E-state index contributed by atoms with van der Waals surface area (Å²) in [6, 6.07) is 53.5. The molecule has 0 unspecified atom stereocenters. The van der Waals surface area contributed by atoms with E-state index < -0.39 is 0 Å². The molecule has 3 aliphatic carbocycles. The highest BCUT2D eigenvalue weighted by molar-refractivity contribution is 6.25. The van der Waals surface area contributed by atoms with Crippen LogP contribution in [0.15, 0.2) is 216 Å². The first-order valence-electron chi connectivity index (χ1n) is 23.4. The van der Waals surface area contributed by atoms with Crippen LogP contribution in [-0.4, -0.2) is 47.0 Å². The van der Waals surface area contributed by atoms with Crippen molar-refractivity contribution in [2.24, 2.45) is 15.0 Å². The van der Waals surface area contributed by atoms with Crippen molar-refractivity contribution in [3.63, 3.8) is 0 Å². The van der Waals surface area contributed by atoms with E-state index in [2.05, 4.69) is 48.1 Å². The molecule has 0 N–H and O–H groups in total. The van der Waals surface area contributed by atoms with Crippen molar-refractivity contribution in [2.75, 3.05) is 0 Å². The summed E-state index contributed by atoms with van der Waals surface area (Å²) in [4.78, 5) is 42.7. The zero-order valence-corrected chi connectivity index (χ0v) is 38.4. The van der Waals surface area contributed by atoms with E-state index >= 15 is 0 Å². The number of aromatic nitrogens is 6. The Morgan fingerprint density at radius 3 is 0.722 bits per heavy atom. The molecule has 4 aromatic carbocycles. The fourth-order valence-electron chi connectivity index (χ4n) is 9.33. The van der Waals surface area contributed by atoms with E-state index in [0.717, 1.165) is 136 Å². The third-order valence-corrected chi connectivity index (χ3v) is 12.6. The lowest BCUT2D eigenvalue weighted by Gasteiger charge is -2.14. The Balaban J connectivity index is 0.728. The molecule has 0 spiro atoms. The standard InChI is InChI=1S/C60H39N9O3/c1-7-46-52(47-8-2-26-62-56(47)55(46)61-25-1)67-40-13-19-43(20-14-40)70-34-37-31-38(35-71-44-21-15-41(16-22-44)68-53-48-9-3-27-63-57(48)58-49(53)10-4-28-64-58)33-39(32-37)36-72-45-23-17-42(18-24-45)69-54-50-11-5-29-65-59(50)60-51(54)12-6-30-66-60/h1-33H,34-36H2. The van der Waals surface area contributed by atoms with Crippen LogP contribution >= 0.6 is 0 Å². The minimum Gasteiger partial charge on any atom is -0.489 e. The second-order valence-electron chi connectivity index (χ2n) is 17.3. The SMILES string of the molecule is c1cnc2c(c1)C(=Nc1ccc(OCc3cc(COc4ccc(N=C5c6cccnc6-c6ncccc65)cc4)cc(COc4ccc(N=C5c6cccnc6-c6ncccc65)cc4)c3)cc1)c1cccnc1-2. The Hall–Kier alpha value is -9.81. The lowest BCUT2D eigenvalue weighted by molar-refractivity contribution is 0.293. The smallest absolute Gasteiger partial charge is 0.119 e. The molecule has 0 saturated heterocycles. The Labute approximate surface area is 413 Å². The van der Waals surface area contributed by atoms with Crippen molar-refractivity contribution in [1.29, 1.82) is 0 Å². The van der Waals surface area contributed by atoms with Crippen LogP contribution in [0.1, 0.15) is 50.1 Å². The minimum atomic E-state index is 0.325. The molecule has 0 fully saturated rings. The van der Waals surface area contributed by atoms with Gasteiger partial charge in [0.15, 0.2) is 0 Å². The first kappa shape index (κ1) is 42.3. The minimum absolute atomic E-state index is 0.325. The summed E-state index contributed by atoms with van der Waals surface area (Å²) in [5.74, 6) is 2.15. The zero-order valence-electron chi connectivity index (χ0n) is 38.4. The van der Waals surface area contributed by atoms with Crippen LogP contribution < -0.4 is 14.2 Å². The van der Waals surface area contributed by atoms with Gasteiger partial charge in [-0.25, -0.2) is 15.0 Å². The van der Waals surface area contributed by atoms with E-state index in [4.69, 9.17) is 29.2 Å². The van der Waals surface area contributed by atoms with Gasteiger partial charge in [-0.3, -0.25) is 29.9 Å². The largest absolute Gasteiger partial charge is 0.489 e. The molecule has 10 aromatic rings. The molecule has 6 heterocycles. The molecule has 72 heavy (non-hydrogen) atoms. The van der Waals surface area contributed by atoms with Gasteiger partial charge in [0.25, 0.3) is 0 Å². The zero-order chi connectivity index (χ0) is 47.8. The van der Waals surface area contributed by atoms with Gasteiger partial charge in [-0.05, 0) is 180 Å². The molecular weight excluding hydrogens is 895 g/mol. The molecule has 0 bridgehead atoms. The van der Waals surface area contributed by atoms with Crippen LogP contribution in [-0.2, 0) is 19.8 Å². The number of hydrogen-bond donors (Lipinski definition) is 0. The highest BCUT2D eigenvalue weighted by Crippen LogP contribution is 2.38. The van der Waals surface area contributed by atoms with E-state index in [9.17, 15) is 0 Å². The highest BCUT2D eigenvalue weighted by Gasteiger charge is 2.29. The number of hydrogen-bond acceptors (Lipinski definition) is 12. The second kappa shape index (κ2) is 18.3. The first-order chi connectivity index (χ1) is 35.6. The van der Waals surface area contributed by atoms with E-state index in [0.29, 0.717) is 19.8 Å². The van der Waals surface area contributed by atoms with Gasteiger partial charge in [-0.1, -0.05) is 0 Å². The van der Waals surface area contributed by atoms with E-state index in [1.54, 1.807) is 37.2 Å². The number of pyridine rings is 6. The Morgan fingerprint density at radius 1 is 0.278 bits per heavy atom. The predicted molar refractivity (Wildman–Crippen MR) is 277 cm³/mol. The summed E-state index contributed by atoms with van der Waals surface area (Å²) >= 11 is 0. The maximum Gasteiger partial charge on any atom is 0.119 e. The van der Waals surface area contributed by atoms with Crippen LogP contribution in [0.5, 0.6) is 17.2 Å². The van der Waals surface area contributed by atoms with Crippen molar-refractivity contribution in [2.45, 2.75) is 19.8 Å². The summed E-state index contributed by atoms with van der Waals surface area (Å²) in [5.41, 5.74) is 18.8. The molecule has 12 nitrogen and oxygen atoms in total. The summed E-state index contributed by atoms with van der Waals surface area (Å²) in [5, 5.41) is 0. The van der Waals surface area contributed by atoms with Crippen molar-refractivity contribution < 1.29 is 14.2 Å². The van der Waals surface area contributed by atoms with Crippen LogP contribution in [0, 0.1) is 0 Å². The van der Waals surface area contributed by atoms with Crippen LogP contribution in [0.25, 0.3) is 34.2 Å². The molecule has 0 saturated carbocycles. The summed E-state index contributed by atoms with van der Waals surface area (Å²) in [7, 11) is 0. The monoisotopic (exact) mass is 933 g/mol. The first-order valence-corrected chi connectivity index (χ1v) is 23.4. The fourth-order valence-corrected chi connectivity index (χ4v) is 9.33. The van der Waals surface area contributed by atoms with Crippen molar-refractivity contribution in [3.8, 4) is 51.4 Å². The fraction of sp³-hybridized carbons (Fsp3) is 0.0500. The van der Waals surface area contributed by atoms with Crippen LogP contribution in [0.4, 0.5) is 17.1 Å². The van der Waals surface area contributed by atoms with Crippen molar-refractivity contribution in [1.82, 2.24) is 29.9 Å². The number of ether oxygens (including phenoxy) is 3. The Kier molecular flexibility index (Phi) is 10.7. The molecule has 12 heteroatoms. The lowest BCUT2D eigenvalue weighted by Crippen LogP contribution is -2.04. The average Bonchev–Trinajstić information content (AvgIpc) is 4.05. The number of rotatable bonds is 12. The maximum absolute atomic E-state index is 6.40. The molecule has 6 aromatic heterocycles. The van der Waals surface area contributed by atoms with Gasteiger partial charge in [-0.2, -0.15) is 0 Å². The Bertz CT molecular complexity index is 3270. The third kappa shape index (κ3) is 8.12. The van der Waals surface area contributed by atoms with Crippen molar-refractivity contribution in [3.05, 3.63) is 251 Å². The lowest BCUT2D eigenvalue weighted by atomic mass is 10.1. The van der Waals surface area contributed by atoms with E-state index in [1.807, 2.05) is 146 Å². The van der Waals surface area contributed by atoms with Crippen molar-refractivity contribution >= 4 is 34.2 Å². The van der Waals surface area contributed by atoms with Gasteiger partial charge in [0.1, 0.15) is 37.1 Å². The van der Waals surface area contributed by atoms with Gasteiger partial charge in [0, 0.05) is 70.6 Å². The normalized spacial score (nSPS) is 12.2. The summed E-state index contributed by atoms with van der Waals surface area (Å²) in [6.07, 6.45) is 10.7. The van der Waals surface area contributed by atoms with Crippen LogP contribution in [0.2, 0.25) is 0 Å². The summed E-state index contributed by atoms with van der Waals surface area (Å²) < 4.78 is 19.2. The molecule has 3 aliphatic rings. The van der Waals surface area contributed by atoms with Gasteiger partial charge in [0.05, 0.1) is 68.4 Å². The van der Waals surface area contributed by atoms with Gasteiger partial charge in [-0.15, -0.1) is 0 Å². The topological polar surface area (TPSA) is 142 Å². The quantitative estimate of drug-likeness (QED) is 0.117. The van der Waals surface area contributed by atoms with E-state index in [-0.39, 0.29) is 0 Å². The molecule has 342 valence electrons. The average molecular weight is 934 g/mol. The Morgan fingerprint density at radius 2 is 0.500 bits per heavy atom. The van der Waals surface area contributed by atoms with Crippen LogP contribution in [0.3, 0.4) is 0 Å². The molecule has 0 atom stereocenters.